The summed E-state index contributed by atoms with van der Waals surface area (Å²) in [4.78, 5) is 25.7. The molecule has 4 N–H and O–H groups in total. The number of aromatic nitrogens is 2. The SMILES string of the molecule is COCCn1c(N)c(NCCCC(C)C)c(=O)[nH]c1=O. The van der Waals surface area contributed by atoms with Crippen LogP contribution in [0.1, 0.15) is 26.7 Å². The summed E-state index contributed by atoms with van der Waals surface area (Å²) in [5.74, 6) is 0.767. The Morgan fingerprint density at radius 2 is 2.10 bits per heavy atom. The van der Waals surface area contributed by atoms with Crippen molar-refractivity contribution in [3.63, 3.8) is 0 Å². The molecule has 0 atom stereocenters. The molecule has 0 saturated heterocycles. The van der Waals surface area contributed by atoms with Gasteiger partial charge in [-0.2, -0.15) is 0 Å². The zero-order valence-electron chi connectivity index (χ0n) is 12.4. The molecule has 1 rings (SSSR count). The van der Waals surface area contributed by atoms with Crippen LogP contribution in [0.25, 0.3) is 0 Å². The lowest BCUT2D eigenvalue weighted by atomic mass is 10.1. The molecule has 7 heteroatoms. The molecule has 1 aromatic heterocycles. The molecule has 0 bridgehead atoms. The van der Waals surface area contributed by atoms with E-state index in [1.165, 1.54) is 11.7 Å². The first kappa shape index (κ1) is 16.3. The summed E-state index contributed by atoms with van der Waals surface area (Å²) in [7, 11) is 1.54. The molecular formula is C13H24N4O3. The van der Waals surface area contributed by atoms with Gasteiger partial charge in [0.1, 0.15) is 11.5 Å². The van der Waals surface area contributed by atoms with Crippen molar-refractivity contribution in [2.75, 3.05) is 31.3 Å². The first-order chi connectivity index (χ1) is 9.47. The van der Waals surface area contributed by atoms with Crippen LogP contribution in [-0.2, 0) is 11.3 Å². The standard InChI is InChI=1S/C13H24N4O3/c1-9(2)5-4-6-15-10-11(14)17(7-8-20-3)13(19)16-12(10)18/h9,15H,4-8,14H2,1-3H3,(H,16,18,19). The zero-order valence-corrected chi connectivity index (χ0v) is 12.4. The highest BCUT2D eigenvalue weighted by Gasteiger charge is 2.11. The quantitative estimate of drug-likeness (QED) is 0.607. The normalized spacial score (nSPS) is 11.0. The number of ether oxygens (including phenoxy) is 1. The molecule has 0 radical (unpaired) electrons. The largest absolute Gasteiger partial charge is 0.383 e. The molecule has 114 valence electrons. The molecule has 1 heterocycles. The average molecular weight is 284 g/mol. The molecule has 0 aliphatic heterocycles. The first-order valence-corrected chi connectivity index (χ1v) is 6.82. The second-order valence-electron chi connectivity index (χ2n) is 5.13. The number of nitrogens with one attached hydrogen (secondary N) is 2. The summed E-state index contributed by atoms with van der Waals surface area (Å²) in [5, 5.41) is 3.01. The smallest absolute Gasteiger partial charge is 0.330 e. The molecule has 0 aliphatic rings. The van der Waals surface area contributed by atoms with E-state index < -0.39 is 11.2 Å². The number of methoxy groups -OCH3 is 1. The van der Waals surface area contributed by atoms with Gasteiger partial charge in [-0.05, 0) is 18.8 Å². The number of hydrogen-bond donors (Lipinski definition) is 3. The molecule has 0 amide bonds. The summed E-state index contributed by atoms with van der Waals surface area (Å²) in [6.45, 7) is 5.59. The van der Waals surface area contributed by atoms with Crippen molar-refractivity contribution in [2.45, 2.75) is 33.2 Å². The van der Waals surface area contributed by atoms with Crippen LogP contribution in [0.2, 0.25) is 0 Å². The van der Waals surface area contributed by atoms with Gasteiger partial charge in [-0.15, -0.1) is 0 Å². The van der Waals surface area contributed by atoms with E-state index in [2.05, 4.69) is 24.1 Å². The molecular weight excluding hydrogens is 260 g/mol. The van der Waals surface area contributed by atoms with Gasteiger partial charge in [-0.3, -0.25) is 14.3 Å². The van der Waals surface area contributed by atoms with E-state index in [9.17, 15) is 9.59 Å². The molecule has 0 fully saturated rings. The van der Waals surface area contributed by atoms with E-state index in [4.69, 9.17) is 10.5 Å². The maximum absolute atomic E-state index is 11.8. The third kappa shape index (κ3) is 4.41. The summed E-state index contributed by atoms with van der Waals surface area (Å²) in [6.07, 6.45) is 2.00. The topological polar surface area (TPSA) is 102 Å². The number of nitrogen functional groups attached to an aromatic ring is 1. The third-order valence-corrected chi connectivity index (χ3v) is 3.02. The van der Waals surface area contributed by atoms with Gasteiger partial charge in [-0.25, -0.2) is 4.79 Å². The van der Waals surface area contributed by atoms with E-state index in [0.29, 0.717) is 25.6 Å². The Morgan fingerprint density at radius 1 is 1.40 bits per heavy atom. The summed E-state index contributed by atoms with van der Waals surface area (Å²) >= 11 is 0. The number of nitrogens with zero attached hydrogens (tertiary/aromatic N) is 1. The highest BCUT2D eigenvalue weighted by molar-refractivity contribution is 5.60. The summed E-state index contributed by atoms with van der Waals surface area (Å²) in [5.41, 5.74) is 5.15. The van der Waals surface area contributed by atoms with Gasteiger partial charge in [0.25, 0.3) is 5.56 Å². The molecule has 0 spiro atoms. The first-order valence-electron chi connectivity index (χ1n) is 6.82. The average Bonchev–Trinajstić information content (AvgIpc) is 2.37. The van der Waals surface area contributed by atoms with Crippen LogP contribution in [0.15, 0.2) is 9.59 Å². The van der Waals surface area contributed by atoms with Gasteiger partial charge in [-0.1, -0.05) is 13.8 Å². The van der Waals surface area contributed by atoms with Crippen LogP contribution in [0.5, 0.6) is 0 Å². The van der Waals surface area contributed by atoms with Crippen molar-refractivity contribution < 1.29 is 4.74 Å². The molecule has 0 aromatic carbocycles. The third-order valence-electron chi connectivity index (χ3n) is 3.02. The van der Waals surface area contributed by atoms with Gasteiger partial charge in [0.05, 0.1) is 13.2 Å². The van der Waals surface area contributed by atoms with Gasteiger partial charge in [0.15, 0.2) is 0 Å². The lowest BCUT2D eigenvalue weighted by Gasteiger charge is -2.13. The van der Waals surface area contributed by atoms with Gasteiger partial charge >= 0.3 is 5.69 Å². The van der Waals surface area contributed by atoms with E-state index in [0.717, 1.165) is 12.8 Å². The maximum Gasteiger partial charge on any atom is 0.330 e. The minimum Gasteiger partial charge on any atom is -0.383 e. The minimum atomic E-state index is -0.516. The van der Waals surface area contributed by atoms with E-state index in [1.54, 1.807) is 0 Å². The van der Waals surface area contributed by atoms with Crippen molar-refractivity contribution >= 4 is 11.5 Å². The van der Waals surface area contributed by atoms with Crippen molar-refractivity contribution in [1.29, 1.82) is 0 Å². The van der Waals surface area contributed by atoms with Crippen LogP contribution in [0.4, 0.5) is 11.5 Å². The Bertz CT molecular complexity index is 533. The summed E-state index contributed by atoms with van der Waals surface area (Å²) < 4.78 is 6.22. The predicted octanol–water partition coefficient (Wildman–Crippen LogP) is 0.613. The number of nitrogens with two attached hydrogens (primary N) is 1. The second kappa shape index (κ2) is 7.74. The Hall–Kier alpha value is -1.76. The Morgan fingerprint density at radius 3 is 2.70 bits per heavy atom. The van der Waals surface area contributed by atoms with Crippen molar-refractivity contribution in [2.24, 2.45) is 5.92 Å². The number of hydrogen-bond acceptors (Lipinski definition) is 5. The van der Waals surface area contributed by atoms with Gasteiger partial charge < -0.3 is 15.8 Å². The number of anilines is 2. The fourth-order valence-corrected chi connectivity index (χ4v) is 1.89. The van der Waals surface area contributed by atoms with E-state index >= 15 is 0 Å². The van der Waals surface area contributed by atoms with Gasteiger partial charge in [0.2, 0.25) is 0 Å². The second-order valence-corrected chi connectivity index (χ2v) is 5.13. The minimum absolute atomic E-state index is 0.153. The molecule has 20 heavy (non-hydrogen) atoms. The lowest BCUT2D eigenvalue weighted by molar-refractivity contribution is 0.186. The molecule has 1 aromatic rings. The highest BCUT2D eigenvalue weighted by atomic mass is 16.5. The van der Waals surface area contributed by atoms with E-state index in [-0.39, 0.29) is 11.5 Å². The van der Waals surface area contributed by atoms with E-state index in [1.807, 2.05) is 0 Å². The fourth-order valence-electron chi connectivity index (χ4n) is 1.89. The van der Waals surface area contributed by atoms with Crippen LogP contribution in [0.3, 0.4) is 0 Å². The highest BCUT2D eigenvalue weighted by Crippen LogP contribution is 2.11. The fraction of sp³-hybridized carbons (Fsp3) is 0.692. The van der Waals surface area contributed by atoms with Crippen molar-refractivity contribution in [1.82, 2.24) is 9.55 Å². The van der Waals surface area contributed by atoms with Crippen LogP contribution >= 0.6 is 0 Å². The monoisotopic (exact) mass is 284 g/mol. The molecule has 0 aliphatic carbocycles. The number of rotatable bonds is 8. The van der Waals surface area contributed by atoms with Crippen molar-refractivity contribution in [3.05, 3.63) is 20.8 Å². The van der Waals surface area contributed by atoms with Crippen LogP contribution in [0, 0.1) is 5.92 Å². The van der Waals surface area contributed by atoms with Crippen molar-refractivity contribution in [3.8, 4) is 0 Å². The van der Waals surface area contributed by atoms with Gasteiger partial charge in [0, 0.05) is 13.7 Å². The number of aromatic amines is 1. The Labute approximate surface area is 118 Å². The molecule has 0 unspecified atom stereocenters. The summed E-state index contributed by atoms with van der Waals surface area (Å²) in [6, 6.07) is 0. The van der Waals surface area contributed by atoms with Crippen LogP contribution in [-0.4, -0.2) is 29.8 Å². The zero-order chi connectivity index (χ0) is 15.1. The Balaban J connectivity index is 2.84. The molecule has 0 saturated carbocycles. The Kier molecular flexibility index (Phi) is 6.30. The molecule has 7 nitrogen and oxygen atoms in total. The lowest BCUT2D eigenvalue weighted by Crippen LogP contribution is -2.35. The number of H-pyrrole nitrogens is 1. The maximum atomic E-state index is 11.8. The van der Waals surface area contributed by atoms with Crippen LogP contribution < -0.4 is 22.3 Å². The predicted molar refractivity (Wildman–Crippen MR) is 80.2 cm³/mol.